The van der Waals surface area contributed by atoms with Gasteiger partial charge in [-0.05, 0) is 19.8 Å². The summed E-state index contributed by atoms with van der Waals surface area (Å²) in [5, 5.41) is 5.79. The summed E-state index contributed by atoms with van der Waals surface area (Å²) in [5.74, 6) is -1.20. The molecule has 1 aliphatic carbocycles. The Balaban J connectivity index is 1.92. The number of alkyl halides is 2. The molecule has 7 nitrogen and oxygen atoms in total. The molecule has 0 unspecified atom stereocenters. The summed E-state index contributed by atoms with van der Waals surface area (Å²) in [5.41, 5.74) is 6.40. The van der Waals surface area contributed by atoms with E-state index in [4.69, 9.17) is 15.2 Å². The smallest absolute Gasteiger partial charge is 0.262 e. The number of aryl methyl sites for hydroxylation is 1. The monoisotopic (exact) mass is 399 g/mol. The van der Waals surface area contributed by atoms with Crippen molar-refractivity contribution in [2.75, 3.05) is 25.6 Å². The number of nitrogens with zero attached hydrogens (tertiary/aromatic N) is 3. The topological polar surface area (TPSA) is 95.2 Å². The van der Waals surface area contributed by atoms with Gasteiger partial charge < -0.3 is 20.5 Å². The summed E-state index contributed by atoms with van der Waals surface area (Å²) < 4.78 is 38.0. The first-order chi connectivity index (χ1) is 12.9. The van der Waals surface area contributed by atoms with E-state index in [1.807, 2.05) is 12.3 Å². The number of ether oxygens (including phenoxy) is 2. The minimum absolute atomic E-state index is 0.129. The van der Waals surface area contributed by atoms with E-state index in [-0.39, 0.29) is 31.4 Å². The second-order valence-corrected chi connectivity index (χ2v) is 7.30. The van der Waals surface area contributed by atoms with Gasteiger partial charge in [-0.15, -0.1) is 11.3 Å². The molecule has 0 aliphatic heterocycles. The predicted molar refractivity (Wildman–Crippen MR) is 99.8 cm³/mol. The Kier molecular flexibility index (Phi) is 6.05. The fourth-order valence-corrected chi connectivity index (χ4v) is 3.62. The van der Waals surface area contributed by atoms with Crippen LogP contribution >= 0.6 is 11.3 Å². The van der Waals surface area contributed by atoms with Crippen molar-refractivity contribution in [1.82, 2.24) is 15.0 Å². The number of rotatable bonds is 7. The van der Waals surface area contributed by atoms with Crippen LogP contribution < -0.4 is 20.5 Å². The first-order valence-corrected chi connectivity index (χ1v) is 9.65. The molecule has 0 spiro atoms. The molecule has 0 amide bonds. The van der Waals surface area contributed by atoms with E-state index in [2.05, 4.69) is 20.3 Å². The van der Waals surface area contributed by atoms with Crippen molar-refractivity contribution in [3.63, 3.8) is 0 Å². The molecule has 2 aromatic rings. The average molecular weight is 399 g/mol. The van der Waals surface area contributed by atoms with Gasteiger partial charge in [-0.1, -0.05) is 0 Å². The number of halogens is 2. The molecule has 10 heteroatoms. The number of thiazole rings is 1. The van der Waals surface area contributed by atoms with Crippen molar-refractivity contribution < 1.29 is 18.3 Å². The van der Waals surface area contributed by atoms with Crippen molar-refractivity contribution in [3.05, 3.63) is 11.1 Å². The molecule has 0 bridgehead atoms. The van der Waals surface area contributed by atoms with Gasteiger partial charge in [0.25, 0.3) is 5.88 Å². The van der Waals surface area contributed by atoms with Crippen LogP contribution in [0.25, 0.3) is 10.8 Å². The molecule has 1 aliphatic rings. The largest absolute Gasteiger partial charge is 0.484 e. The molecule has 2 aromatic heterocycles. The molecule has 27 heavy (non-hydrogen) atoms. The molecule has 0 atom stereocenters. The molecule has 3 rings (SSSR count). The van der Waals surface area contributed by atoms with E-state index in [9.17, 15) is 8.78 Å². The molecule has 0 radical (unpaired) electrons. The van der Waals surface area contributed by atoms with Crippen molar-refractivity contribution >= 4 is 17.2 Å². The zero-order valence-corrected chi connectivity index (χ0v) is 16.1. The molecule has 1 saturated carbocycles. The minimum atomic E-state index is -2.59. The van der Waals surface area contributed by atoms with Crippen LogP contribution in [0.4, 0.5) is 14.6 Å². The maximum atomic E-state index is 13.5. The van der Waals surface area contributed by atoms with Crippen LogP contribution in [0.15, 0.2) is 5.38 Å². The van der Waals surface area contributed by atoms with Crippen molar-refractivity contribution in [2.45, 2.75) is 44.6 Å². The highest BCUT2D eigenvalue weighted by molar-refractivity contribution is 7.13. The maximum Gasteiger partial charge on any atom is 0.262 e. The van der Waals surface area contributed by atoms with E-state index in [0.717, 1.165) is 5.69 Å². The molecule has 0 saturated heterocycles. The number of anilines is 1. The maximum absolute atomic E-state index is 13.5. The third kappa shape index (κ3) is 4.81. The number of hydrogen-bond donors (Lipinski definition) is 2. The van der Waals surface area contributed by atoms with E-state index < -0.39 is 5.92 Å². The highest BCUT2D eigenvalue weighted by Gasteiger charge is 2.35. The lowest BCUT2D eigenvalue weighted by Gasteiger charge is -2.29. The molecular formula is C17H23F2N5O2S. The van der Waals surface area contributed by atoms with Gasteiger partial charge in [0.2, 0.25) is 11.7 Å². The Morgan fingerprint density at radius 1 is 1.30 bits per heavy atom. The van der Waals surface area contributed by atoms with Gasteiger partial charge in [0.15, 0.2) is 16.6 Å². The van der Waals surface area contributed by atoms with E-state index in [1.165, 1.54) is 18.4 Å². The van der Waals surface area contributed by atoms with E-state index >= 15 is 0 Å². The fourth-order valence-electron chi connectivity index (χ4n) is 2.89. The zero-order chi connectivity index (χ0) is 19.4. The van der Waals surface area contributed by atoms with Crippen LogP contribution in [0.1, 0.15) is 31.4 Å². The van der Waals surface area contributed by atoms with Gasteiger partial charge in [0.1, 0.15) is 6.61 Å². The third-order valence-electron chi connectivity index (χ3n) is 4.26. The van der Waals surface area contributed by atoms with Crippen LogP contribution in [-0.4, -0.2) is 47.2 Å². The Hall–Kier alpha value is -2.07. The van der Waals surface area contributed by atoms with Crippen LogP contribution in [0.3, 0.4) is 0 Å². The minimum Gasteiger partial charge on any atom is -0.484 e. The Bertz CT molecular complexity index is 777. The summed E-state index contributed by atoms with van der Waals surface area (Å²) in [6.07, 6.45) is 0.400. The van der Waals surface area contributed by atoms with Crippen LogP contribution in [0.5, 0.6) is 11.6 Å². The highest BCUT2D eigenvalue weighted by Crippen LogP contribution is 2.39. The normalized spacial score (nSPS) is 16.9. The summed E-state index contributed by atoms with van der Waals surface area (Å²) in [7, 11) is 1.49. The molecule has 3 N–H and O–H groups in total. The van der Waals surface area contributed by atoms with E-state index in [1.54, 1.807) is 0 Å². The average Bonchev–Trinajstić information content (AvgIpc) is 3.08. The number of nitrogens with one attached hydrogen (secondary N) is 1. The van der Waals surface area contributed by atoms with Crippen molar-refractivity contribution in [1.29, 1.82) is 0 Å². The second-order valence-electron chi connectivity index (χ2n) is 6.44. The summed E-state index contributed by atoms with van der Waals surface area (Å²) in [6.45, 7) is 2.45. The van der Waals surface area contributed by atoms with Gasteiger partial charge in [0, 0.05) is 36.5 Å². The fraction of sp³-hybridized carbons (Fsp3) is 0.588. The highest BCUT2D eigenvalue weighted by atomic mass is 32.1. The third-order valence-corrected chi connectivity index (χ3v) is 5.22. The van der Waals surface area contributed by atoms with Gasteiger partial charge in [0.05, 0.1) is 7.11 Å². The molecule has 2 heterocycles. The van der Waals surface area contributed by atoms with Crippen molar-refractivity contribution in [3.8, 4) is 22.5 Å². The van der Waals surface area contributed by atoms with Crippen LogP contribution in [0.2, 0.25) is 0 Å². The van der Waals surface area contributed by atoms with Gasteiger partial charge in [-0.3, -0.25) is 0 Å². The molecule has 0 aromatic carbocycles. The molecule has 1 fully saturated rings. The predicted octanol–water partition coefficient (Wildman–Crippen LogP) is 3.24. The zero-order valence-electron chi connectivity index (χ0n) is 15.3. The van der Waals surface area contributed by atoms with Gasteiger partial charge in [-0.2, -0.15) is 4.98 Å². The summed E-state index contributed by atoms with van der Waals surface area (Å²) in [6, 6.07) is -0.129. The quantitative estimate of drug-likeness (QED) is 0.738. The van der Waals surface area contributed by atoms with Gasteiger partial charge in [-0.25, -0.2) is 18.7 Å². The summed E-state index contributed by atoms with van der Waals surface area (Å²) >= 11 is 1.42. The lowest BCUT2D eigenvalue weighted by atomic mass is 9.92. The standard InChI is InChI=1S/C17H23F2N5O2S/c1-10-9-27-16(21-10)14-23-13(12(26-8-7-20)15(24-14)25-2)22-11-3-5-17(18,19)6-4-11/h9,11H,3-8,20H2,1-2H3,(H,22,23,24). The Morgan fingerprint density at radius 3 is 2.63 bits per heavy atom. The molecule has 148 valence electrons. The second kappa shape index (κ2) is 8.30. The van der Waals surface area contributed by atoms with Crippen molar-refractivity contribution in [2.24, 2.45) is 5.73 Å². The lowest BCUT2D eigenvalue weighted by Crippen LogP contribution is -2.32. The van der Waals surface area contributed by atoms with Crippen LogP contribution in [-0.2, 0) is 0 Å². The van der Waals surface area contributed by atoms with Gasteiger partial charge >= 0.3 is 0 Å². The number of nitrogens with two attached hydrogens (primary N) is 1. The molecular weight excluding hydrogens is 376 g/mol. The summed E-state index contributed by atoms with van der Waals surface area (Å²) in [4.78, 5) is 13.3. The SMILES string of the molecule is COc1nc(-c2nc(C)cs2)nc(NC2CCC(F)(F)CC2)c1OCCN. The first kappa shape index (κ1) is 19.7. The number of methoxy groups -OCH3 is 1. The lowest BCUT2D eigenvalue weighted by molar-refractivity contribution is -0.0361. The number of aromatic nitrogens is 3. The van der Waals surface area contributed by atoms with Crippen LogP contribution in [0, 0.1) is 6.92 Å². The Labute approximate surface area is 160 Å². The Morgan fingerprint density at radius 2 is 2.04 bits per heavy atom. The number of hydrogen-bond acceptors (Lipinski definition) is 8. The van der Waals surface area contributed by atoms with E-state index in [0.29, 0.717) is 41.8 Å². The first-order valence-electron chi connectivity index (χ1n) is 8.77.